The maximum atomic E-state index is 12.0. The SMILES string of the molecule is CSC(Cc1ccc(OCCc2ccc(C(C)OC(=O)C(C)(C)C)cn2)cc1)C(=O)NC=O. The molecule has 0 aliphatic rings. The van der Waals surface area contributed by atoms with Crippen LogP contribution < -0.4 is 10.1 Å². The number of benzene rings is 1. The fourth-order valence-electron chi connectivity index (χ4n) is 2.87. The Bertz CT molecular complexity index is 923. The van der Waals surface area contributed by atoms with Gasteiger partial charge < -0.3 is 9.47 Å². The smallest absolute Gasteiger partial charge is 0.311 e. The summed E-state index contributed by atoms with van der Waals surface area (Å²) in [5.74, 6) is 0.195. The van der Waals surface area contributed by atoms with Gasteiger partial charge in [0.25, 0.3) is 0 Å². The average molecular weight is 473 g/mol. The van der Waals surface area contributed by atoms with Gasteiger partial charge in [-0.2, -0.15) is 11.8 Å². The minimum absolute atomic E-state index is 0.244. The topological polar surface area (TPSA) is 94.6 Å². The Morgan fingerprint density at radius 1 is 1.15 bits per heavy atom. The minimum atomic E-state index is -0.543. The molecule has 1 aromatic carbocycles. The zero-order valence-electron chi connectivity index (χ0n) is 19.8. The van der Waals surface area contributed by atoms with Gasteiger partial charge in [-0.05, 0) is 64.1 Å². The predicted molar refractivity (Wildman–Crippen MR) is 129 cm³/mol. The predicted octanol–water partition coefficient (Wildman–Crippen LogP) is 3.90. The van der Waals surface area contributed by atoms with E-state index >= 15 is 0 Å². The molecule has 0 aliphatic carbocycles. The van der Waals surface area contributed by atoms with E-state index in [4.69, 9.17) is 9.47 Å². The fraction of sp³-hybridized carbons (Fsp3) is 0.440. The van der Waals surface area contributed by atoms with Crippen molar-refractivity contribution in [2.75, 3.05) is 12.9 Å². The highest BCUT2D eigenvalue weighted by atomic mass is 32.2. The van der Waals surface area contributed by atoms with Crippen molar-refractivity contribution in [3.8, 4) is 5.75 Å². The van der Waals surface area contributed by atoms with E-state index in [1.807, 2.05) is 70.3 Å². The lowest BCUT2D eigenvalue weighted by Gasteiger charge is -2.21. The van der Waals surface area contributed by atoms with Crippen LogP contribution in [0.25, 0.3) is 0 Å². The number of nitrogens with one attached hydrogen (secondary N) is 1. The normalized spacial score (nSPS) is 13.0. The standard InChI is InChI=1S/C25H32N2O5S/c1-17(32-24(30)25(2,3)4)19-8-9-20(26-15-19)12-13-31-21-10-6-18(7-11-21)14-22(33-5)23(29)27-16-28/h6-11,15-17,22H,12-14H2,1-5H3,(H,27,28,29). The summed E-state index contributed by atoms with van der Waals surface area (Å²) in [6.45, 7) is 7.78. The molecular formula is C25H32N2O5S. The molecule has 0 bridgehead atoms. The molecule has 1 heterocycles. The van der Waals surface area contributed by atoms with Crippen molar-refractivity contribution >= 4 is 30.0 Å². The molecular weight excluding hydrogens is 440 g/mol. The number of rotatable bonds is 11. The molecule has 7 nitrogen and oxygen atoms in total. The van der Waals surface area contributed by atoms with Gasteiger partial charge in [-0.1, -0.05) is 18.2 Å². The van der Waals surface area contributed by atoms with Gasteiger partial charge in [0.05, 0.1) is 17.3 Å². The van der Waals surface area contributed by atoms with Crippen LogP contribution in [0.2, 0.25) is 0 Å². The third-order valence-corrected chi connectivity index (χ3v) is 5.91. The quantitative estimate of drug-likeness (QED) is 0.391. The lowest BCUT2D eigenvalue weighted by atomic mass is 9.97. The molecule has 0 saturated carbocycles. The highest BCUT2D eigenvalue weighted by Crippen LogP contribution is 2.23. The van der Waals surface area contributed by atoms with Crippen molar-refractivity contribution in [1.82, 2.24) is 10.3 Å². The van der Waals surface area contributed by atoms with Crippen LogP contribution in [-0.2, 0) is 32.0 Å². The van der Waals surface area contributed by atoms with Gasteiger partial charge in [0.1, 0.15) is 11.9 Å². The average Bonchev–Trinajstić information content (AvgIpc) is 2.78. The number of imide groups is 1. The molecule has 0 radical (unpaired) electrons. The van der Waals surface area contributed by atoms with Gasteiger partial charge in [-0.3, -0.25) is 24.7 Å². The van der Waals surface area contributed by atoms with E-state index in [1.165, 1.54) is 11.8 Å². The highest BCUT2D eigenvalue weighted by molar-refractivity contribution is 7.99. The number of pyridine rings is 1. The summed E-state index contributed by atoms with van der Waals surface area (Å²) in [5.41, 5.74) is 2.17. The van der Waals surface area contributed by atoms with Crippen LogP contribution in [0.3, 0.4) is 0 Å². The number of thioether (sulfide) groups is 1. The van der Waals surface area contributed by atoms with Crippen LogP contribution >= 0.6 is 11.8 Å². The number of hydrogen-bond acceptors (Lipinski definition) is 7. The number of carbonyl (C=O) groups is 3. The molecule has 2 unspecified atom stereocenters. The molecule has 178 valence electrons. The van der Waals surface area contributed by atoms with Crippen LogP contribution in [0, 0.1) is 5.41 Å². The van der Waals surface area contributed by atoms with Crippen molar-refractivity contribution in [3.05, 3.63) is 59.4 Å². The molecule has 2 aromatic rings. The van der Waals surface area contributed by atoms with Crippen LogP contribution in [0.5, 0.6) is 5.75 Å². The maximum Gasteiger partial charge on any atom is 0.311 e. The molecule has 8 heteroatoms. The first kappa shape index (κ1) is 26.4. The van der Waals surface area contributed by atoms with Crippen molar-refractivity contribution in [3.63, 3.8) is 0 Å². The number of aromatic nitrogens is 1. The number of esters is 1. The zero-order chi connectivity index (χ0) is 24.4. The summed E-state index contributed by atoms with van der Waals surface area (Å²) >= 11 is 1.40. The first-order chi connectivity index (χ1) is 15.6. The molecule has 0 spiro atoms. The van der Waals surface area contributed by atoms with Gasteiger partial charge in [0.15, 0.2) is 0 Å². The van der Waals surface area contributed by atoms with Gasteiger partial charge in [0.2, 0.25) is 12.3 Å². The lowest BCUT2D eigenvalue weighted by molar-refractivity contribution is -0.158. The summed E-state index contributed by atoms with van der Waals surface area (Å²) in [7, 11) is 0. The summed E-state index contributed by atoms with van der Waals surface area (Å²) in [6, 6.07) is 11.4. The summed E-state index contributed by atoms with van der Waals surface area (Å²) in [6.07, 6.45) is 4.79. The fourth-order valence-corrected chi connectivity index (χ4v) is 3.51. The van der Waals surface area contributed by atoms with E-state index in [0.29, 0.717) is 25.9 Å². The summed E-state index contributed by atoms with van der Waals surface area (Å²) in [5, 5.41) is 1.88. The summed E-state index contributed by atoms with van der Waals surface area (Å²) in [4.78, 5) is 38.8. The third kappa shape index (κ3) is 8.53. The number of ether oxygens (including phenoxy) is 2. The van der Waals surface area contributed by atoms with Crippen LogP contribution in [-0.4, -0.2) is 41.4 Å². The van der Waals surface area contributed by atoms with Gasteiger partial charge in [-0.15, -0.1) is 0 Å². The number of carbonyl (C=O) groups excluding carboxylic acids is 3. The Balaban J connectivity index is 1.82. The van der Waals surface area contributed by atoms with Gasteiger partial charge in [0, 0.05) is 23.9 Å². The Morgan fingerprint density at radius 3 is 2.39 bits per heavy atom. The maximum absolute atomic E-state index is 12.0. The van der Waals surface area contributed by atoms with Crippen LogP contribution in [0.4, 0.5) is 0 Å². The molecule has 2 rings (SSSR count). The van der Waals surface area contributed by atoms with Crippen molar-refractivity contribution in [2.24, 2.45) is 5.41 Å². The monoisotopic (exact) mass is 472 g/mol. The van der Waals surface area contributed by atoms with E-state index in [2.05, 4.69) is 10.3 Å². The first-order valence-corrected chi connectivity index (χ1v) is 12.1. The largest absolute Gasteiger partial charge is 0.493 e. The molecule has 0 aliphatic heterocycles. The second-order valence-electron chi connectivity index (χ2n) is 8.68. The lowest BCUT2D eigenvalue weighted by Crippen LogP contribution is -2.32. The zero-order valence-corrected chi connectivity index (χ0v) is 20.6. The van der Waals surface area contributed by atoms with E-state index in [-0.39, 0.29) is 23.2 Å². The van der Waals surface area contributed by atoms with E-state index in [0.717, 1.165) is 22.6 Å². The minimum Gasteiger partial charge on any atom is -0.493 e. The second-order valence-corrected chi connectivity index (χ2v) is 9.72. The summed E-state index contributed by atoms with van der Waals surface area (Å²) < 4.78 is 11.3. The Kier molecular flexibility index (Phi) is 9.91. The molecule has 0 saturated heterocycles. The molecule has 0 fully saturated rings. The molecule has 1 aromatic heterocycles. The van der Waals surface area contributed by atoms with Crippen molar-refractivity contribution < 1.29 is 23.9 Å². The van der Waals surface area contributed by atoms with Crippen molar-refractivity contribution in [2.45, 2.75) is 51.9 Å². The molecule has 2 atom stereocenters. The van der Waals surface area contributed by atoms with E-state index in [9.17, 15) is 14.4 Å². The third-order valence-electron chi connectivity index (χ3n) is 4.96. The Morgan fingerprint density at radius 2 is 1.85 bits per heavy atom. The number of nitrogens with zero attached hydrogens (tertiary/aromatic N) is 1. The van der Waals surface area contributed by atoms with Gasteiger partial charge in [-0.25, -0.2) is 0 Å². The molecule has 1 N–H and O–H groups in total. The number of hydrogen-bond donors (Lipinski definition) is 1. The van der Waals surface area contributed by atoms with Crippen LogP contribution in [0.1, 0.15) is 50.6 Å². The molecule has 2 amide bonds. The van der Waals surface area contributed by atoms with E-state index in [1.54, 1.807) is 6.20 Å². The number of amides is 2. The van der Waals surface area contributed by atoms with E-state index < -0.39 is 5.41 Å². The first-order valence-electron chi connectivity index (χ1n) is 10.8. The van der Waals surface area contributed by atoms with Gasteiger partial charge >= 0.3 is 5.97 Å². The van der Waals surface area contributed by atoms with Crippen molar-refractivity contribution in [1.29, 1.82) is 0 Å². The Hall–Kier alpha value is -2.87. The second kappa shape index (κ2) is 12.4. The Labute approximate surface area is 199 Å². The van der Waals surface area contributed by atoms with Crippen LogP contribution in [0.15, 0.2) is 42.6 Å². The highest BCUT2D eigenvalue weighted by Gasteiger charge is 2.25. The molecule has 33 heavy (non-hydrogen) atoms.